The minimum absolute atomic E-state index is 0.000000000000000444. The van der Waals surface area contributed by atoms with Gasteiger partial charge in [0.2, 0.25) is 0 Å². The summed E-state index contributed by atoms with van der Waals surface area (Å²) in [6.45, 7) is 6.54. The summed E-state index contributed by atoms with van der Waals surface area (Å²) in [6, 6.07) is 7.81. The van der Waals surface area contributed by atoms with Crippen molar-refractivity contribution in [2.75, 3.05) is 14.2 Å². The molecule has 0 amide bonds. The molecule has 0 aliphatic heterocycles. The van der Waals surface area contributed by atoms with Crippen LogP contribution >= 0.6 is 9.24 Å². The minimum Gasteiger partial charge on any atom is -0.356 e. The standard InChI is InChI=1S/C12H17OP.C6H14O2/c1-9(2)7-12(14)11-5-3-10(8-13)4-6-11;1-4-5-6(7-2)8-3/h3-6,8-9,12H,7,14H2,1-2H3;6H,4-5H2,1-3H3. The predicted molar refractivity (Wildman–Crippen MR) is 96.4 cm³/mol. The molecular formula is C18H31O3P. The van der Waals surface area contributed by atoms with E-state index in [0.717, 1.165) is 31.1 Å². The second kappa shape index (κ2) is 12.8. The van der Waals surface area contributed by atoms with Crippen LogP contribution in [-0.2, 0) is 9.47 Å². The van der Waals surface area contributed by atoms with Crippen LogP contribution in [0, 0.1) is 5.92 Å². The fourth-order valence-electron chi connectivity index (χ4n) is 2.03. The molecule has 22 heavy (non-hydrogen) atoms. The highest BCUT2D eigenvalue weighted by Gasteiger charge is 2.07. The van der Waals surface area contributed by atoms with Crippen molar-refractivity contribution >= 4 is 15.5 Å². The van der Waals surface area contributed by atoms with E-state index < -0.39 is 0 Å². The Morgan fingerprint density at radius 2 is 1.68 bits per heavy atom. The van der Waals surface area contributed by atoms with Crippen LogP contribution in [0.3, 0.4) is 0 Å². The quantitative estimate of drug-likeness (QED) is 0.388. The molecule has 0 radical (unpaired) electrons. The number of carbonyl (C=O) groups is 1. The first-order chi connectivity index (χ1) is 10.5. The van der Waals surface area contributed by atoms with Crippen LogP contribution in [0.4, 0.5) is 0 Å². The normalized spacial score (nSPS) is 12.0. The van der Waals surface area contributed by atoms with Gasteiger partial charge in [-0.15, -0.1) is 9.24 Å². The van der Waals surface area contributed by atoms with Gasteiger partial charge >= 0.3 is 0 Å². The lowest BCUT2D eigenvalue weighted by molar-refractivity contribution is -0.106. The molecule has 0 saturated carbocycles. The number of aldehydes is 1. The average Bonchev–Trinajstić information content (AvgIpc) is 2.52. The van der Waals surface area contributed by atoms with E-state index in [4.69, 9.17) is 9.47 Å². The van der Waals surface area contributed by atoms with Gasteiger partial charge in [-0.3, -0.25) is 4.79 Å². The Hall–Kier alpha value is -0.760. The van der Waals surface area contributed by atoms with E-state index in [2.05, 4.69) is 30.0 Å². The lowest BCUT2D eigenvalue weighted by Gasteiger charge is -2.13. The molecule has 4 heteroatoms. The maximum Gasteiger partial charge on any atom is 0.156 e. The molecule has 0 saturated heterocycles. The highest BCUT2D eigenvalue weighted by atomic mass is 31.0. The lowest BCUT2D eigenvalue weighted by atomic mass is 10.0. The number of hydrogen-bond donors (Lipinski definition) is 0. The molecule has 3 nitrogen and oxygen atoms in total. The Bertz CT molecular complexity index is 386. The van der Waals surface area contributed by atoms with Crippen molar-refractivity contribution in [3.8, 4) is 0 Å². The van der Waals surface area contributed by atoms with Gasteiger partial charge < -0.3 is 9.47 Å². The molecule has 1 aromatic rings. The van der Waals surface area contributed by atoms with Crippen molar-refractivity contribution in [2.24, 2.45) is 5.92 Å². The molecule has 0 N–H and O–H groups in total. The summed E-state index contributed by atoms with van der Waals surface area (Å²) >= 11 is 0. The van der Waals surface area contributed by atoms with Crippen LogP contribution in [0.2, 0.25) is 0 Å². The number of benzene rings is 1. The average molecular weight is 326 g/mol. The van der Waals surface area contributed by atoms with E-state index in [1.165, 1.54) is 5.56 Å². The summed E-state index contributed by atoms with van der Waals surface area (Å²) in [5.41, 5.74) is 2.53. The van der Waals surface area contributed by atoms with Gasteiger partial charge in [-0.1, -0.05) is 51.5 Å². The number of carbonyl (C=O) groups excluding carboxylic acids is 1. The van der Waals surface area contributed by atoms with E-state index >= 15 is 0 Å². The zero-order valence-corrected chi connectivity index (χ0v) is 15.7. The van der Waals surface area contributed by atoms with Gasteiger partial charge in [0.15, 0.2) is 6.29 Å². The molecule has 1 rings (SSSR count). The highest BCUT2D eigenvalue weighted by Crippen LogP contribution is 2.29. The van der Waals surface area contributed by atoms with E-state index in [-0.39, 0.29) is 6.29 Å². The molecular weight excluding hydrogens is 295 g/mol. The van der Waals surface area contributed by atoms with E-state index in [0.29, 0.717) is 11.6 Å². The molecule has 0 heterocycles. The molecule has 0 bridgehead atoms. The predicted octanol–water partition coefficient (Wildman–Crippen LogP) is 4.87. The Morgan fingerprint density at radius 1 is 1.14 bits per heavy atom. The van der Waals surface area contributed by atoms with E-state index in [1.54, 1.807) is 14.2 Å². The summed E-state index contributed by atoms with van der Waals surface area (Å²) in [7, 11) is 6.17. The van der Waals surface area contributed by atoms with Crippen molar-refractivity contribution in [3.05, 3.63) is 35.4 Å². The highest BCUT2D eigenvalue weighted by molar-refractivity contribution is 7.17. The first-order valence-electron chi connectivity index (χ1n) is 7.84. The number of rotatable bonds is 8. The van der Waals surface area contributed by atoms with E-state index in [9.17, 15) is 4.79 Å². The smallest absolute Gasteiger partial charge is 0.156 e. The van der Waals surface area contributed by atoms with Crippen molar-refractivity contribution in [2.45, 2.75) is 52.0 Å². The minimum atomic E-state index is -0.000000000000000444. The first-order valence-corrected chi connectivity index (χ1v) is 8.51. The summed E-state index contributed by atoms with van der Waals surface area (Å²) in [4.78, 5) is 10.5. The zero-order valence-electron chi connectivity index (χ0n) is 14.5. The fourth-order valence-corrected chi connectivity index (χ4v) is 2.80. The van der Waals surface area contributed by atoms with Crippen LogP contribution < -0.4 is 0 Å². The summed E-state index contributed by atoms with van der Waals surface area (Å²) in [5.74, 6) is 0.697. The van der Waals surface area contributed by atoms with Gasteiger partial charge in [0.05, 0.1) is 0 Å². The summed E-state index contributed by atoms with van der Waals surface area (Å²) < 4.78 is 9.84. The maximum absolute atomic E-state index is 10.5. The monoisotopic (exact) mass is 326 g/mol. The second-order valence-corrected chi connectivity index (χ2v) is 6.51. The lowest BCUT2D eigenvalue weighted by Crippen LogP contribution is -2.11. The molecule has 0 spiro atoms. The van der Waals surface area contributed by atoms with Crippen molar-refractivity contribution < 1.29 is 14.3 Å². The van der Waals surface area contributed by atoms with Crippen molar-refractivity contribution in [1.29, 1.82) is 0 Å². The van der Waals surface area contributed by atoms with Gasteiger partial charge in [-0.25, -0.2) is 0 Å². The number of hydrogen-bond acceptors (Lipinski definition) is 3. The number of ether oxygens (including phenoxy) is 2. The molecule has 2 unspecified atom stereocenters. The first kappa shape index (κ1) is 21.2. The molecule has 1 aromatic carbocycles. The van der Waals surface area contributed by atoms with Gasteiger partial charge in [0.1, 0.15) is 6.29 Å². The van der Waals surface area contributed by atoms with Crippen LogP contribution in [0.5, 0.6) is 0 Å². The Kier molecular flexibility index (Phi) is 12.3. The molecule has 0 aliphatic rings. The third kappa shape index (κ3) is 9.30. The Morgan fingerprint density at radius 3 is 2.00 bits per heavy atom. The van der Waals surface area contributed by atoms with Crippen LogP contribution in [0.1, 0.15) is 61.6 Å². The fraction of sp³-hybridized carbons (Fsp3) is 0.611. The topological polar surface area (TPSA) is 35.5 Å². The number of methoxy groups -OCH3 is 2. The summed E-state index contributed by atoms with van der Waals surface area (Å²) in [5, 5.41) is 0. The van der Waals surface area contributed by atoms with Crippen molar-refractivity contribution in [3.63, 3.8) is 0 Å². The zero-order chi connectivity index (χ0) is 17.0. The van der Waals surface area contributed by atoms with Gasteiger partial charge in [0.25, 0.3) is 0 Å². The third-order valence-corrected chi connectivity index (χ3v) is 3.93. The molecule has 0 aromatic heterocycles. The van der Waals surface area contributed by atoms with Crippen molar-refractivity contribution in [1.82, 2.24) is 0 Å². The van der Waals surface area contributed by atoms with Gasteiger partial charge in [-0.05, 0) is 30.0 Å². The van der Waals surface area contributed by atoms with E-state index in [1.807, 2.05) is 24.3 Å². The largest absolute Gasteiger partial charge is 0.356 e. The molecule has 2 atom stereocenters. The third-order valence-electron chi connectivity index (χ3n) is 3.28. The molecule has 126 valence electrons. The van der Waals surface area contributed by atoms with Crippen LogP contribution in [0.15, 0.2) is 24.3 Å². The Labute approximate surface area is 138 Å². The maximum atomic E-state index is 10.5. The second-order valence-electron chi connectivity index (χ2n) is 5.71. The molecule has 0 fully saturated rings. The van der Waals surface area contributed by atoms with Crippen LogP contribution in [0.25, 0.3) is 0 Å². The van der Waals surface area contributed by atoms with Gasteiger partial charge in [-0.2, -0.15) is 0 Å². The summed E-state index contributed by atoms with van der Waals surface area (Å²) in [6.07, 6.45) is 4.12. The Balaban J connectivity index is 0.000000472. The van der Waals surface area contributed by atoms with Crippen LogP contribution in [-0.4, -0.2) is 26.8 Å². The molecule has 0 aliphatic carbocycles. The SMILES string of the molecule is CC(C)CC(P)c1ccc(C=O)cc1.CCCC(OC)OC. The van der Waals surface area contributed by atoms with Gasteiger partial charge in [0, 0.05) is 19.8 Å².